The van der Waals surface area contributed by atoms with Crippen LogP contribution in [0.5, 0.6) is 0 Å². The Morgan fingerprint density at radius 2 is 1.00 bits per heavy atom. The second-order valence-corrected chi connectivity index (χ2v) is 18.7. The van der Waals surface area contributed by atoms with Gasteiger partial charge in [-0.3, -0.25) is 12.2 Å². The first kappa shape index (κ1) is 35.1. The molecule has 2 unspecified atom stereocenters. The molecule has 0 bridgehead atoms. The van der Waals surface area contributed by atoms with Crippen molar-refractivity contribution >= 4 is 16.6 Å². The molecule has 2 atom stereocenters. The van der Waals surface area contributed by atoms with E-state index in [1.54, 1.807) is 23.3 Å². The Balaban J connectivity index is 0.000000566. The van der Waals surface area contributed by atoms with Crippen LogP contribution in [0.2, 0.25) is 13.1 Å². The molecule has 4 heteroatoms. The summed E-state index contributed by atoms with van der Waals surface area (Å²) in [4.78, 5) is 0. The van der Waals surface area contributed by atoms with Gasteiger partial charge in [-0.15, -0.1) is 0 Å². The third-order valence-corrected chi connectivity index (χ3v) is 5.91. The first-order valence-electron chi connectivity index (χ1n) is 12.5. The third kappa shape index (κ3) is 10.4. The van der Waals surface area contributed by atoms with Gasteiger partial charge in [0.15, 0.2) is 0 Å². The maximum absolute atomic E-state index is 3.44. The van der Waals surface area contributed by atoms with Crippen molar-refractivity contribution in [2.24, 2.45) is 11.8 Å². The number of aryl methyl sites for hydroxylation is 2. The fraction of sp³-hybridized carbons (Fsp3) is 0.375. The SMILES string of the molecule is CCc1ccccc1C1=CC(C)[C-]=C1C.CCc1ccccc1C1=CC(C)[C-]=C1C.C[Si](C)=[Zr+2].[Cl-].[Cl-]. The van der Waals surface area contributed by atoms with E-state index in [0.29, 0.717) is 11.8 Å². The molecule has 0 aliphatic heterocycles. The Hall–Kier alpha value is -0.920. The van der Waals surface area contributed by atoms with Crippen LogP contribution in [0.15, 0.2) is 71.8 Å². The average Bonchev–Trinajstić information content (AvgIpc) is 3.32. The standard InChI is InChI=1S/2C15H17.C2H6Si.2ClH.Zr/c2*1-4-13-7-5-6-8-14(13)15-10-11(2)9-12(15)3;1-3-2;;;/h2*5-8,10-11H,4H2,1-3H3;1-2H3;2*1H;/q2*-1;;;;+2/p-2. The molecule has 36 heavy (non-hydrogen) atoms. The first-order valence-corrected chi connectivity index (χ1v) is 18.7. The molecule has 0 fully saturated rings. The molecule has 4 rings (SSSR count). The number of hydrogen-bond acceptors (Lipinski definition) is 0. The first-order chi connectivity index (χ1) is 16.2. The number of rotatable bonds is 4. The Morgan fingerprint density at radius 1 is 0.694 bits per heavy atom. The van der Waals surface area contributed by atoms with Gasteiger partial charge in [-0.05, 0) is 12.8 Å². The Bertz CT molecular complexity index is 1040. The van der Waals surface area contributed by atoms with Crippen LogP contribution >= 0.6 is 0 Å². The molecule has 0 saturated carbocycles. The van der Waals surface area contributed by atoms with E-state index in [9.17, 15) is 0 Å². The van der Waals surface area contributed by atoms with E-state index in [4.69, 9.17) is 0 Å². The second-order valence-electron chi connectivity index (χ2n) is 9.30. The molecule has 0 spiro atoms. The van der Waals surface area contributed by atoms with Gasteiger partial charge in [0.1, 0.15) is 0 Å². The number of benzene rings is 2. The van der Waals surface area contributed by atoms with Crippen LogP contribution in [0.4, 0.5) is 0 Å². The molecule has 0 radical (unpaired) electrons. The fourth-order valence-electron chi connectivity index (χ4n) is 4.44. The van der Waals surface area contributed by atoms with Crippen LogP contribution < -0.4 is 24.8 Å². The maximum atomic E-state index is 3.44. The molecule has 0 N–H and O–H groups in total. The summed E-state index contributed by atoms with van der Waals surface area (Å²) in [5, 5.41) is 0. The molecule has 2 aromatic carbocycles. The minimum atomic E-state index is 0. The van der Waals surface area contributed by atoms with Crippen molar-refractivity contribution < 1.29 is 48.1 Å². The van der Waals surface area contributed by atoms with Gasteiger partial charge in [0.2, 0.25) is 0 Å². The quantitative estimate of drug-likeness (QED) is 0.367. The summed E-state index contributed by atoms with van der Waals surface area (Å²) in [7, 11) is 0. The number of halogens is 2. The molecule has 0 aromatic heterocycles. The topological polar surface area (TPSA) is 0 Å². The summed E-state index contributed by atoms with van der Waals surface area (Å²) in [5.74, 6) is 0.926. The summed E-state index contributed by atoms with van der Waals surface area (Å²) < 4.78 is 0. The van der Waals surface area contributed by atoms with Crippen LogP contribution in [-0.2, 0) is 36.2 Å². The average molecular weight is 615 g/mol. The van der Waals surface area contributed by atoms with Gasteiger partial charge >= 0.3 is 41.9 Å². The second kappa shape index (κ2) is 17.6. The normalized spacial score (nSPS) is 17.5. The van der Waals surface area contributed by atoms with E-state index in [-0.39, 0.29) is 30.2 Å². The van der Waals surface area contributed by atoms with Crippen LogP contribution in [0, 0.1) is 24.0 Å². The predicted molar refractivity (Wildman–Crippen MR) is 148 cm³/mol. The number of allylic oxidation sites excluding steroid dienone is 8. The molecule has 192 valence electrons. The van der Waals surface area contributed by atoms with Crippen molar-refractivity contribution in [2.75, 3.05) is 0 Å². The summed E-state index contributed by atoms with van der Waals surface area (Å²) in [5.41, 5.74) is 11.2. The van der Waals surface area contributed by atoms with Crippen molar-refractivity contribution in [2.45, 2.75) is 67.5 Å². The monoisotopic (exact) mass is 612 g/mol. The van der Waals surface area contributed by atoms with Crippen molar-refractivity contribution in [1.29, 1.82) is 0 Å². The molecule has 0 heterocycles. The van der Waals surface area contributed by atoms with Gasteiger partial charge in [-0.1, -0.05) is 124 Å². The van der Waals surface area contributed by atoms with E-state index < -0.39 is 0 Å². The van der Waals surface area contributed by atoms with E-state index >= 15 is 0 Å². The Kier molecular flexibility index (Phi) is 17.1. The zero-order valence-corrected chi connectivity index (χ0v) is 28.1. The van der Waals surface area contributed by atoms with E-state index in [0.717, 1.165) is 12.8 Å². The minimum Gasteiger partial charge on any atom is -1.00 e. The van der Waals surface area contributed by atoms with Crippen LogP contribution in [0.3, 0.4) is 0 Å². The van der Waals surface area contributed by atoms with E-state index in [2.05, 4.69) is 127 Å². The molecular formula is C32H40Cl2SiZr-2. The fourth-order valence-corrected chi connectivity index (χ4v) is 4.44. The van der Waals surface area contributed by atoms with Gasteiger partial charge in [0.25, 0.3) is 0 Å². The Morgan fingerprint density at radius 3 is 1.25 bits per heavy atom. The van der Waals surface area contributed by atoms with Gasteiger partial charge in [0.05, 0.1) is 0 Å². The summed E-state index contributed by atoms with van der Waals surface area (Å²) >= 11 is 1.74. The summed E-state index contributed by atoms with van der Waals surface area (Å²) in [6.45, 7) is 17.7. The minimum absolute atomic E-state index is 0. The van der Waals surface area contributed by atoms with Crippen LogP contribution in [-0.4, -0.2) is 5.43 Å². The van der Waals surface area contributed by atoms with Gasteiger partial charge in [-0.2, -0.15) is 23.3 Å². The van der Waals surface area contributed by atoms with Gasteiger partial charge < -0.3 is 24.8 Å². The van der Waals surface area contributed by atoms with E-state index in [1.807, 2.05) is 0 Å². The zero-order valence-electron chi connectivity index (χ0n) is 23.1. The Labute approximate surface area is 248 Å². The molecule has 0 amide bonds. The zero-order chi connectivity index (χ0) is 25.3. The molecule has 2 aliphatic carbocycles. The van der Waals surface area contributed by atoms with Crippen molar-refractivity contribution in [3.05, 3.63) is 106 Å². The third-order valence-electron chi connectivity index (χ3n) is 5.91. The van der Waals surface area contributed by atoms with Gasteiger partial charge in [-0.25, -0.2) is 11.1 Å². The molecule has 0 saturated heterocycles. The predicted octanol–water partition coefficient (Wildman–Crippen LogP) is 2.86. The van der Waals surface area contributed by atoms with Crippen LogP contribution in [0.25, 0.3) is 11.1 Å². The summed E-state index contributed by atoms with van der Waals surface area (Å²) in [6.07, 6.45) is 13.7. The van der Waals surface area contributed by atoms with Crippen molar-refractivity contribution in [1.82, 2.24) is 0 Å². The number of hydrogen-bond donors (Lipinski definition) is 0. The van der Waals surface area contributed by atoms with Crippen molar-refractivity contribution in [3.63, 3.8) is 0 Å². The largest absolute Gasteiger partial charge is 1.00 e. The van der Waals surface area contributed by atoms with Gasteiger partial charge in [0, 0.05) is 0 Å². The van der Waals surface area contributed by atoms with Crippen LogP contribution in [0.1, 0.15) is 63.8 Å². The smallest absolute Gasteiger partial charge is 1.00 e. The summed E-state index contributed by atoms with van der Waals surface area (Å²) in [6, 6.07) is 17.3. The molecule has 2 aromatic rings. The van der Waals surface area contributed by atoms with E-state index in [1.165, 1.54) is 44.5 Å². The molecule has 2 aliphatic rings. The molecule has 0 nitrogen and oxygen atoms in total. The molecular weight excluding hydrogens is 575 g/mol. The maximum Gasteiger partial charge on any atom is -1.00 e. The van der Waals surface area contributed by atoms with Crippen molar-refractivity contribution in [3.8, 4) is 0 Å².